The van der Waals surface area contributed by atoms with Gasteiger partial charge in [0.05, 0.1) is 0 Å². The second kappa shape index (κ2) is 19.5. The maximum Gasteiger partial charge on any atom is 0.323 e. The van der Waals surface area contributed by atoms with Crippen LogP contribution >= 0.6 is 0 Å². The third kappa shape index (κ3) is 15.9. The Bertz CT molecular complexity index is 561. The average molecular weight is 442 g/mol. The quantitative estimate of drug-likeness (QED) is 0.226. The van der Waals surface area contributed by atoms with Crippen LogP contribution in [-0.4, -0.2) is 66.4 Å². The first-order valence-electron chi connectivity index (χ1n) is 10.3. The lowest BCUT2D eigenvalue weighted by atomic mass is 10.2. The maximum atomic E-state index is 11.6. The lowest BCUT2D eigenvalue weighted by Crippen LogP contribution is -2.36. The van der Waals surface area contributed by atoms with Crippen LogP contribution in [-0.2, 0) is 19.1 Å². The van der Waals surface area contributed by atoms with Crippen molar-refractivity contribution in [3.63, 3.8) is 0 Å². The number of carbonyl (C=O) groups is 3. The van der Waals surface area contributed by atoms with E-state index in [2.05, 4.69) is 30.4 Å². The van der Waals surface area contributed by atoms with Gasteiger partial charge in [-0.1, -0.05) is 18.2 Å². The molecule has 1 rings (SSSR count). The van der Waals surface area contributed by atoms with Gasteiger partial charge in [-0.2, -0.15) is 0 Å². The Morgan fingerprint density at radius 1 is 0.935 bits per heavy atom. The number of rotatable bonds is 12. The van der Waals surface area contributed by atoms with E-state index in [-0.39, 0.29) is 18.1 Å². The predicted octanol–water partition coefficient (Wildman–Crippen LogP) is 1.85. The molecule has 0 aromatic rings. The van der Waals surface area contributed by atoms with E-state index in [1.807, 2.05) is 0 Å². The molecule has 0 aromatic carbocycles. The van der Waals surface area contributed by atoms with Crippen LogP contribution in [0.4, 0.5) is 0 Å². The zero-order chi connectivity index (χ0) is 24.2. The van der Waals surface area contributed by atoms with Crippen molar-refractivity contribution in [3.05, 3.63) is 38.0 Å². The monoisotopic (exact) mass is 441 g/mol. The van der Waals surface area contributed by atoms with Crippen LogP contribution in [0.5, 0.6) is 0 Å². The summed E-state index contributed by atoms with van der Waals surface area (Å²) in [6.07, 6.45) is 10.8. The lowest BCUT2D eigenvalue weighted by Gasteiger charge is -2.17. The van der Waals surface area contributed by atoms with E-state index in [0.29, 0.717) is 19.3 Å². The Labute approximate surface area is 185 Å². The Balaban J connectivity index is 0. The molecule has 3 atom stereocenters. The average Bonchev–Trinajstić information content (AvgIpc) is 3.24. The van der Waals surface area contributed by atoms with Crippen LogP contribution in [0.1, 0.15) is 44.9 Å². The number of aliphatic carboxylic acids is 2. The van der Waals surface area contributed by atoms with Gasteiger partial charge in [0.1, 0.15) is 24.2 Å². The minimum Gasteiger partial charge on any atom is -0.480 e. The van der Waals surface area contributed by atoms with Crippen molar-refractivity contribution >= 4 is 17.9 Å². The largest absolute Gasteiger partial charge is 0.480 e. The number of carboxylic acids is 2. The molecule has 0 spiro atoms. The molecule has 6 N–H and O–H groups in total. The number of hydrogen-bond acceptors (Lipinski definition) is 7. The van der Waals surface area contributed by atoms with Crippen LogP contribution < -0.4 is 16.4 Å². The van der Waals surface area contributed by atoms with Gasteiger partial charge in [-0.25, -0.2) is 0 Å². The summed E-state index contributed by atoms with van der Waals surface area (Å²) in [7, 11) is 3.38. The third-order valence-corrected chi connectivity index (χ3v) is 4.41. The normalized spacial score (nSPS) is 15.6. The number of carbonyl (C=O) groups excluding carboxylic acids is 1. The van der Waals surface area contributed by atoms with Gasteiger partial charge in [0.2, 0.25) is 0 Å². The van der Waals surface area contributed by atoms with Crippen LogP contribution in [0.3, 0.4) is 0 Å². The van der Waals surface area contributed by atoms with E-state index >= 15 is 0 Å². The molecule has 0 aromatic heterocycles. The van der Waals surface area contributed by atoms with E-state index in [0.717, 1.165) is 12.8 Å². The molecule has 1 saturated carbocycles. The molecule has 1 fully saturated rings. The first-order valence-corrected chi connectivity index (χ1v) is 10.3. The van der Waals surface area contributed by atoms with Crippen LogP contribution in [0, 0.1) is 0 Å². The van der Waals surface area contributed by atoms with Crippen LogP contribution in [0.15, 0.2) is 38.0 Å². The highest BCUT2D eigenvalue weighted by Gasteiger charge is 2.23. The molecule has 178 valence electrons. The number of nitrogens with two attached hydrogens (primary N) is 1. The molecule has 31 heavy (non-hydrogen) atoms. The van der Waals surface area contributed by atoms with E-state index in [4.69, 9.17) is 20.7 Å². The first kappa shape index (κ1) is 30.7. The molecule has 9 heteroatoms. The second-order valence-corrected chi connectivity index (χ2v) is 6.88. The summed E-state index contributed by atoms with van der Waals surface area (Å²) < 4.78 is 5.37. The molecule has 0 bridgehead atoms. The van der Waals surface area contributed by atoms with Crippen LogP contribution in [0.25, 0.3) is 0 Å². The van der Waals surface area contributed by atoms with Crippen molar-refractivity contribution in [2.75, 3.05) is 14.1 Å². The molecule has 0 aliphatic heterocycles. The van der Waals surface area contributed by atoms with Crippen LogP contribution in [0.2, 0.25) is 0 Å². The Morgan fingerprint density at radius 3 is 1.68 bits per heavy atom. The number of esters is 1. The molecule has 0 saturated heterocycles. The fourth-order valence-electron chi connectivity index (χ4n) is 2.54. The maximum absolute atomic E-state index is 11.6. The Kier molecular flexibility index (Phi) is 19.3. The van der Waals surface area contributed by atoms with E-state index in [1.165, 1.54) is 18.9 Å². The molecule has 1 aliphatic carbocycles. The molecular formula is C22H39N3O6. The van der Waals surface area contributed by atoms with Crippen molar-refractivity contribution in [1.82, 2.24) is 10.6 Å². The zero-order valence-corrected chi connectivity index (χ0v) is 18.7. The highest BCUT2D eigenvalue weighted by atomic mass is 16.5. The Morgan fingerprint density at radius 2 is 1.39 bits per heavy atom. The summed E-state index contributed by atoms with van der Waals surface area (Å²) >= 11 is 0. The molecule has 0 heterocycles. The van der Waals surface area contributed by atoms with Crippen molar-refractivity contribution in [2.45, 2.75) is 69.2 Å². The fourth-order valence-corrected chi connectivity index (χ4v) is 2.54. The SMILES string of the molecule is C=CC[C@H](N)C(=O)O.C=CC[C@H](NC)C(=O)O.C=CC[C@H](NC)C(=O)OC1CCCC1. The topological polar surface area (TPSA) is 151 Å². The first-order chi connectivity index (χ1) is 14.7. The summed E-state index contributed by atoms with van der Waals surface area (Å²) in [6, 6.07) is -1.50. The lowest BCUT2D eigenvalue weighted by molar-refractivity contribution is -0.151. The summed E-state index contributed by atoms with van der Waals surface area (Å²) in [5.41, 5.74) is 5.06. The molecular weight excluding hydrogens is 402 g/mol. The second-order valence-electron chi connectivity index (χ2n) is 6.88. The molecule has 0 amide bonds. The van der Waals surface area contributed by atoms with E-state index in [9.17, 15) is 14.4 Å². The third-order valence-electron chi connectivity index (χ3n) is 4.41. The summed E-state index contributed by atoms with van der Waals surface area (Å²) in [6.45, 7) is 10.4. The number of ether oxygens (including phenoxy) is 1. The molecule has 0 radical (unpaired) electrons. The zero-order valence-electron chi connectivity index (χ0n) is 18.7. The summed E-state index contributed by atoms with van der Waals surface area (Å²) in [5, 5.41) is 22.1. The van der Waals surface area contributed by atoms with Gasteiger partial charge in [-0.3, -0.25) is 14.4 Å². The fraction of sp³-hybridized carbons (Fsp3) is 0.591. The predicted molar refractivity (Wildman–Crippen MR) is 122 cm³/mol. The van der Waals surface area contributed by atoms with E-state index in [1.54, 1.807) is 26.2 Å². The van der Waals surface area contributed by atoms with Gasteiger partial charge in [0, 0.05) is 0 Å². The van der Waals surface area contributed by atoms with Gasteiger partial charge in [-0.05, 0) is 59.0 Å². The highest BCUT2D eigenvalue weighted by molar-refractivity contribution is 5.76. The molecule has 1 aliphatic rings. The number of nitrogens with one attached hydrogen (secondary N) is 2. The number of likely N-dealkylation sites (N-methyl/N-ethyl adjacent to an activating group) is 2. The highest BCUT2D eigenvalue weighted by Crippen LogP contribution is 2.21. The van der Waals surface area contributed by atoms with Crippen molar-refractivity contribution in [1.29, 1.82) is 0 Å². The molecule has 9 nitrogen and oxygen atoms in total. The molecule has 0 unspecified atom stereocenters. The van der Waals surface area contributed by atoms with Gasteiger partial charge < -0.3 is 31.3 Å². The number of carboxylic acid groups (broad SMARTS) is 2. The summed E-state index contributed by atoms with van der Waals surface area (Å²) in [5.74, 6) is -1.96. The van der Waals surface area contributed by atoms with Crippen molar-refractivity contribution in [2.24, 2.45) is 5.73 Å². The van der Waals surface area contributed by atoms with Crippen molar-refractivity contribution in [3.8, 4) is 0 Å². The smallest absolute Gasteiger partial charge is 0.323 e. The standard InChI is InChI=1S/C11H19NO2.C6H11NO2.C5H9NO2/c1-3-6-10(12-2)11(13)14-9-7-4-5-8-9;1-3-4-5(7-2)6(8)9;1-2-3-4(6)5(7)8/h3,9-10,12H,1,4-8H2,2H3;3,5,7H,1,4H2,2H3,(H,8,9);2,4H,1,3,6H2,(H,7,8)/t10-;5-;4-/m000/s1. The van der Waals surface area contributed by atoms with E-state index < -0.39 is 24.0 Å². The van der Waals surface area contributed by atoms with Gasteiger partial charge >= 0.3 is 17.9 Å². The summed E-state index contributed by atoms with van der Waals surface area (Å²) in [4.78, 5) is 31.7. The minimum atomic E-state index is -0.982. The van der Waals surface area contributed by atoms with Gasteiger partial charge in [0.15, 0.2) is 0 Å². The number of hydrogen-bond donors (Lipinski definition) is 5. The minimum absolute atomic E-state index is 0.140. The van der Waals surface area contributed by atoms with Crippen molar-refractivity contribution < 1.29 is 29.3 Å². The Hall–Kier alpha value is -2.49. The van der Waals surface area contributed by atoms with Gasteiger partial charge in [-0.15, -0.1) is 19.7 Å². The van der Waals surface area contributed by atoms with Gasteiger partial charge in [0.25, 0.3) is 0 Å².